The number of benzene rings is 3. The second-order valence-corrected chi connectivity index (χ2v) is 8.81. The molecule has 0 saturated heterocycles. The van der Waals surface area contributed by atoms with Gasteiger partial charge in [-0.3, -0.25) is 4.79 Å². The average molecular weight is 563 g/mol. The van der Waals surface area contributed by atoms with E-state index in [1.54, 1.807) is 43.3 Å². The summed E-state index contributed by atoms with van der Waals surface area (Å²) in [5, 5.41) is 12.3. The zero-order chi connectivity index (χ0) is 26.8. The van der Waals surface area contributed by atoms with Crippen LogP contribution in [0.1, 0.15) is 40.9 Å². The molecule has 0 unspecified atom stereocenters. The summed E-state index contributed by atoms with van der Waals surface area (Å²) in [6.45, 7) is 6.65. The monoisotopic (exact) mass is 562 g/mol. The summed E-state index contributed by atoms with van der Waals surface area (Å²) in [5.74, 6) is -0.00756. The fourth-order valence-corrected chi connectivity index (χ4v) is 3.91. The normalized spacial score (nSPS) is 10.8. The van der Waals surface area contributed by atoms with E-state index in [-0.39, 0.29) is 12.2 Å². The predicted molar refractivity (Wildman–Crippen MR) is 145 cm³/mol. The lowest BCUT2D eigenvalue weighted by Gasteiger charge is -2.15. The standard InChI is InChI=1S/C29H27BrN2O5/c1-4-35-26-16-21(15-25(30)27(26)37-18-20-8-6-19(3)7-9-20)14-23(17-31)28(33)32-24-12-10-22(11-13-24)29(34)36-5-2/h6-16H,4-5,18H2,1-3H3,(H,32,33)/b23-14+. The van der Waals surface area contributed by atoms with Crippen molar-refractivity contribution in [2.24, 2.45) is 0 Å². The van der Waals surface area contributed by atoms with Gasteiger partial charge in [-0.05, 0) is 90.3 Å². The van der Waals surface area contributed by atoms with Gasteiger partial charge >= 0.3 is 5.97 Å². The number of amides is 1. The van der Waals surface area contributed by atoms with E-state index in [4.69, 9.17) is 14.2 Å². The number of ether oxygens (including phenoxy) is 3. The molecule has 8 heteroatoms. The van der Waals surface area contributed by atoms with E-state index >= 15 is 0 Å². The van der Waals surface area contributed by atoms with Crippen LogP contribution in [0.15, 0.2) is 70.7 Å². The molecular formula is C29H27BrN2O5. The van der Waals surface area contributed by atoms with Crippen LogP contribution in [0.25, 0.3) is 6.08 Å². The SMILES string of the molecule is CCOC(=O)c1ccc(NC(=O)/C(C#N)=C/c2cc(Br)c(OCc3ccc(C)cc3)c(OCC)c2)cc1. The Morgan fingerprint density at radius 1 is 1.00 bits per heavy atom. The van der Waals surface area contributed by atoms with Crippen LogP contribution in [0.3, 0.4) is 0 Å². The van der Waals surface area contributed by atoms with E-state index in [1.807, 2.05) is 44.2 Å². The molecule has 0 fully saturated rings. The summed E-state index contributed by atoms with van der Waals surface area (Å²) in [4.78, 5) is 24.6. The molecular weight excluding hydrogens is 536 g/mol. The Balaban J connectivity index is 1.78. The molecule has 0 aliphatic heterocycles. The summed E-state index contributed by atoms with van der Waals surface area (Å²) >= 11 is 3.53. The van der Waals surface area contributed by atoms with E-state index in [0.29, 0.717) is 46.0 Å². The molecule has 0 aliphatic rings. The molecule has 0 radical (unpaired) electrons. The molecule has 3 rings (SSSR count). The molecule has 0 aliphatic carbocycles. The quantitative estimate of drug-likeness (QED) is 0.173. The van der Waals surface area contributed by atoms with Gasteiger partial charge in [0.25, 0.3) is 5.91 Å². The zero-order valence-electron chi connectivity index (χ0n) is 20.8. The molecule has 1 N–H and O–H groups in total. The second-order valence-electron chi connectivity index (χ2n) is 7.96. The second kappa shape index (κ2) is 13.3. The number of hydrogen-bond donors (Lipinski definition) is 1. The van der Waals surface area contributed by atoms with Crippen molar-refractivity contribution in [3.8, 4) is 17.6 Å². The summed E-state index contributed by atoms with van der Waals surface area (Å²) in [7, 11) is 0. The van der Waals surface area contributed by atoms with Crippen LogP contribution in [0.4, 0.5) is 5.69 Å². The number of halogens is 1. The molecule has 0 saturated carbocycles. The minimum Gasteiger partial charge on any atom is -0.490 e. The largest absolute Gasteiger partial charge is 0.490 e. The van der Waals surface area contributed by atoms with Crippen LogP contribution >= 0.6 is 15.9 Å². The molecule has 0 atom stereocenters. The Bertz CT molecular complexity index is 1330. The predicted octanol–water partition coefficient (Wildman–Crippen LogP) is 6.46. The fourth-order valence-electron chi connectivity index (χ4n) is 3.33. The smallest absolute Gasteiger partial charge is 0.338 e. The third kappa shape index (κ3) is 7.69. The number of carbonyl (C=O) groups is 2. The minimum absolute atomic E-state index is 0.0999. The van der Waals surface area contributed by atoms with Gasteiger partial charge < -0.3 is 19.5 Å². The molecule has 7 nitrogen and oxygen atoms in total. The van der Waals surface area contributed by atoms with Gasteiger partial charge in [0, 0.05) is 5.69 Å². The van der Waals surface area contributed by atoms with E-state index < -0.39 is 11.9 Å². The molecule has 0 aromatic heterocycles. The fraction of sp³-hybridized carbons (Fsp3) is 0.207. The Kier molecular flexibility index (Phi) is 9.87. The van der Waals surface area contributed by atoms with Crippen LogP contribution in [0.2, 0.25) is 0 Å². The summed E-state index contributed by atoms with van der Waals surface area (Å²) in [6.07, 6.45) is 1.47. The van der Waals surface area contributed by atoms with E-state index in [2.05, 4.69) is 21.2 Å². The lowest BCUT2D eigenvalue weighted by molar-refractivity contribution is -0.112. The van der Waals surface area contributed by atoms with Gasteiger partial charge in [-0.25, -0.2) is 4.79 Å². The lowest BCUT2D eigenvalue weighted by atomic mass is 10.1. The van der Waals surface area contributed by atoms with Crippen molar-refractivity contribution in [1.29, 1.82) is 5.26 Å². The molecule has 190 valence electrons. The molecule has 0 bridgehead atoms. The molecule has 37 heavy (non-hydrogen) atoms. The van der Waals surface area contributed by atoms with E-state index in [9.17, 15) is 14.9 Å². The summed E-state index contributed by atoms with van der Waals surface area (Å²) in [6, 6.07) is 19.7. The van der Waals surface area contributed by atoms with Gasteiger partial charge in [0.1, 0.15) is 18.2 Å². The van der Waals surface area contributed by atoms with Crippen molar-refractivity contribution in [3.63, 3.8) is 0 Å². The van der Waals surface area contributed by atoms with Gasteiger partial charge in [0.2, 0.25) is 0 Å². The number of anilines is 1. The lowest BCUT2D eigenvalue weighted by Crippen LogP contribution is -2.13. The maximum atomic E-state index is 12.8. The third-order valence-corrected chi connectivity index (χ3v) is 5.75. The number of rotatable bonds is 10. The molecule has 0 spiro atoms. The topological polar surface area (TPSA) is 97.7 Å². The van der Waals surface area contributed by atoms with Crippen LogP contribution in [-0.2, 0) is 16.1 Å². The van der Waals surface area contributed by atoms with Crippen molar-refractivity contribution >= 4 is 39.6 Å². The van der Waals surface area contributed by atoms with Crippen molar-refractivity contribution < 1.29 is 23.8 Å². The molecule has 3 aromatic carbocycles. The van der Waals surface area contributed by atoms with Gasteiger partial charge in [0.05, 0.1) is 23.2 Å². The van der Waals surface area contributed by atoms with Crippen molar-refractivity contribution in [3.05, 3.63) is 93.0 Å². The first-order chi connectivity index (χ1) is 17.8. The highest BCUT2D eigenvalue weighted by Crippen LogP contribution is 2.38. The highest BCUT2D eigenvalue weighted by molar-refractivity contribution is 9.10. The minimum atomic E-state index is -0.583. The third-order valence-electron chi connectivity index (χ3n) is 5.17. The van der Waals surface area contributed by atoms with Gasteiger partial charge in [-0.1, -0.05) is 29.8 Å². The van der Waals surface area contributed by atoms with Crippen LogP contribution in [-0.4, -0.2) is 25.1 Å². The number of aryl methyl sites for hydroxylation is 1. The maximum absolute atomic E-state index is 12.8. The highest BCUT2D eigenvalue weighted by atomic mass is 79.9. The average Bonchev–Trinajstić information content (AvgIpc) is 2.88. The first-order valence-corrected chi connectivity index (χ1v) is 12.5. The van der Waals surface area contributed by atoms with Crippen LogP contribution in [0.5, 0.6) is 11.5 Å². The first-order valence-electron chi connectivity index (χ1n) is 11.7. The zero-order valence-corrected chi connectivity index (χ0v) is 22.4. The Labute approximate surface area is 224 Å². The van der Waals surface area contributed by atoms with Gasteiger partial charge in [-0.15, -0.1) is 0 Å². The van der Waals surface area contributed by atoms with Crippen LogP contribution < -0.4 is 14.8 Å². The maximum Gasteiger partial charge on any atom is 0.338 e. The number of carbonyl (C=O) groups excluding carboxylic acids is 2. The number of nitrogens with zero attached hydrogens (tertiary/aromatic N) is 1. The summed E-state index contributed by atoms with van der Waals surface area (Å²) in [5.41, 5.74) is 3.48. The van der Waals surface area contributed by atoms with E-state index in [1.165, 1.54) is 11.6 Å². The Morgan fingerprint density at radius 2 is 1.70 bits per heavy atom. The summed E-state index contributed by atoms with van der Waals surface area (Å²) < 4.78 is 17.4. The number of esters is 1. The van der Waals surface area contributed by atoms with Crippen molar-refractivity contribution in [2.45, 2.75) is 27.4 Å². The van der Waals surface area contributed by atoms with Gasteiger partial charge in [0.15, 0.2) is 11.5 Å². The Morgan fingerprint density at radius 3 is 2.32 bits per heavy atom. The number of nitriles is 1. The molecule has 0 heterocycles. The highest BCUT2D eigenvalue weighted by Gasteiger charge is 2.15. The molecule has 3 aromatic rings. The first kappa shape index (κ1) is 27.5. The van der Waals surface area contributed by atoms with Crippen LogP contribution in [0, 0.1) is 18.3 Å². The molecule has 1 amide bonds. The van der Waals surface area contributed by atoms with E-state index in [0.717, 1.165) is 5.56 Å². The Hall–Kier alpha value is -4.09. The van der Waals surface area contributed by atoms with Crippen molar-refractivity contribution in [2.75, 3.05) is 18.5 Å². The number of nitrogens with one attached hydrogen (secondary N) is 1. The number of hydrogen-bond acceptors (Lipinski definition) is 6. The van der Waals surface area contributed by atoms with Gasteiger partial charge in [-0.2, -0.15) is 5.26 Å². The van der Waals surface area contributed by atoms with Crippen molar-refractivity contribution in [1.82, 2.24) is 0 Å².